The van der Waals surface area contributed by atoms with E-state index in [1.54, 1.807) is 13.3 Å². The van der Waals surface area contributed by atoms with Gasteiger partial charge >= 0.3 is 0 Å². The van der Waals surface area contributed by atoms with Gasteiger partial charge in [0.2, 0.25) is 0 Å². The van der Waals surface area contributed by atoms with Crippen LogP contribution in [0, 0.1) is 6.92 Å². The van der Waals surface area contributed by atoms with Crippen LogP contribution in [0.15, 0.2) is 6.20 Å². The Labute approximate surface area is 93.6 Å². The lowest BCUT2D eigenvalue weighted by Gasteiger charge is -2.08. The van der Waals surface area contributed by atoms with Crippen LogP contribution in [0.2, 0.25) is 5.02 Å². The zero-order valence-electron chi connectivity index (χ0n) is 7.30. The van der Waals surface area contributed by atoms with Crippen LogP contribution >= 0.6 is 35.6 Å². The number of hydrogen-bond donors (Lipinski definition) is 0. The smallest absolute Gasteiger partial charge is 0.143 e. The largest absolute Gasteiger partial charge is 0.495 e. The Kier molecular flexibility index (Phi) is 5.45. The van der Waals surface area contributed by atoms with Crippen molar-refractivity contribution in [2.45, 2.75) is 12.8 Å². The van der Waals surface area contributed by atoms with E-state index in [1.807, 2.05) is 6.92 Å². The molecule has 13 heavy (non-hydrogen) atoms. The monoisotopic (exact) mass is 241 g/mol. The number of hydrogen-bond acceptors (Lipinski definition) is 2. The minimum atomic E-state index is 0. The number of rotatable bonds is 2. The molecule has 0 aliphatic rings. The SMILES string of the molecule is COc1c(C)cnc(CCl)c1Cl.Cl. The Bertz CT molecular complexity index is 291. The van der Waals surface area contributed by atoms with E-state index in [0.717, 1.165) is 5.56 Å². The van der Waals surface area contributed by atoms with Gasteiger partial charge in [-0.3, -0.25) is 4.98 Å². The molecule has 0 aliphatic carbocycles. The van der Waals surface area contributed by atoms with Crippen molar-refractivity contribution < 1.29 is 4.74 Å². The van der Waals surface area contributed by atoms with Gasteiger partial charge in [0, 0.05) is 11.8 Å². The second-order valence-corrected chi connectivity index (χ2v) is 3.01. The third kappa shape index (κ3) is 2.63. The Morgan fingerprint density at radius 1 is 1.54 bits per heavy atom. The molecule has 0 saturated carbocycles. The molecule has 1 heterocycles. The highest BCUT2D eigenvalue weighted by atomic mass is 35.5. The number of halogens is 3. The number of methoxy groups -OCH3 is 1. The van der Waals surface area contributed by atoms with Gasteiger partial charge in [-0.15, -0.1) is 24.0 Å². The number of aromatic nitrogens is 1. The van der Waals surface area contributed by atoms with E-state index in [2.05, 4.69) is 4.98 Å². The minimum absolute atomic E-state index is 0. The van der Waals surface area contributed by atoms with Crippen molar-refractivity contribution in [3.63, 3.8) is 0 Å². The standard InChI is InChI=1S/C8H9Cl2NO.ClH/c1-5-4-11-6(3-9)7(10)8(5)12-2;/h4H,3H2,1-2H3;1H. The van der Waals surface area contributed by atoms with E-state index < -0.39 is 0 Å². The Morgan fingerprint density at radius 3 is 2.62 bits per heavy atom. The maximum Gasteiger partial charge on any atom is 0.143 e. The summed E-state index contributed by atoms with van der Waals surface area (Å²) in [4.78, 5) is 4.06. The fourth-order valence-corrected chi connectivity index (χ4v) is 1.55. The second-order valence-electron chi connectivity index (χ2n) is 2.37. The van der Waals surface area contributed by atoms with Crippen molar-refractivity contribution in [2.24, 2.45) is 0 Å². The summed E-state index contributed by atoms with van der Waals surface area (Å²) in [6.07, 6.45) is 1.70. The molecule has 0 radical (unpaired) electrons. The van der Waals surface area contributed by atoms with E-state index in [-0.39, 0.29) is 12.4 Å². The highest BCUT2D eigenvalue weighted by molar-refractivity contribution is 6.33. The van der Waals surface area contributed by atoms with Crippen molar-refractivity contribution in [3.8, 4) is 5.75 Å². The quantitative estimate of drug-likeness (QED) is 0.743. The molecule has 0 spiro atoms. The van der Waals surface area contributed by atoms with Gasteiger partial charge in [0.25, 0.3) is 0 Å². The highest BCUT2D eigenvalue weighted by Crippen LogP contribution is 2.30. The molecule has 74 valence electrons. The van der Waals surface area contributed by atoms with Gasteiger partial charge in [0.15, 0.2) is 0 Å². The molecule has 1 aromatic rings. The molecule has 0 saturated heterocycles. The van der Waals surface area contributed by atoms with Gasteiger partial charge in [-0.25, -0.2) is 0 Å². The fraction of sp³-hybridized carbons (Fsp3) is 0.375. The first-order valence-electron chi connectivity index (χ1n) is 3.44. The number of alkyl halides is 1. The third-order valence-electron chi connectivity index (χ3n) is 1.56. The number of ether oxygens (including phenoxy) is 1. The third-order valence-corrected chi connectivity index (χ3v) is 2.20. The topological polar surface area (TPSA) is 22.1 Å². The van der Waals surface area contributed by atoms with Crippen molar-refractivity contribution in [2.75, 3.05) is 7.11 Å². The molecular formula is C8H10Cl3NO. The summed E-state index contributed by atoms with van der Waals surface area (Å²) < 4.78 is 5.09. The van der Waals surface area contributed by atoms with Gasteiger partial charge in [-0.2, -0.15) is 0 Å². The van der Waals surface area contributed by atoms with Gasteiger partial charge in [-0.1, -0.05) is 11.6 Å². The molecule has 0 amide bonds. The number of nitrogens with zero attached hydrogens (tertiary/aromatic N) is 1. The Hall–Kier alpha value is -0.180. The van der Waals surface area contributed by atoms with Crippen LogP contribution < -0.4 is 4.74 Å². The average Bonchev–Trinajstić information content (AvgIpc) is 2.06. The first kappa shape index (κ1) is 12.8. The first-order valence-corrected chi connectivity index (χ1v) is 4.36. The van der Waals surface area contributed by atoms with Gasteiger partial charge in [0.1, 0.15) is 10.8 Å². The van der Waals surface area contributed by atoms with Crippen molar-refractivity contribution in [3.05, 3.63) is 22.5 Å². The maximum atomic E-state index is 5.94. The lowest BCUT2D eigenvalue weighted by Crippen LogP contribution is -1.94. The van der Waals surface area contributed by atoms with Crippen LogP contribution in [0.5, 0.6) is 5.75 Å². The molecular weight excluding hydrogens is 232 g/mol. The zero-order chi connectivity index (χ0) is 9.14. The maximum absolute atomic E-state index is 5.94. The predicted molar refractivity (Wildman–Crippen MR) is 57.3 cm³/mol. The van der Waals surface area contributed by atoms with Crippen LogP contribution in [-0.4, -0.2) is 12.1 Å². The van der Waals surface area contributed by atoms with Crippen LogP contribution in [0.4, 0.5) is 0 Å². The second kappa shape index (κ2) is 5.53. The summed E-state index contributed by atoms with van der Waals surface area (Å²) in [5, 5.41) is 0.507. The van der Waals surface area contributed by atoms with E-state index in [1.165, 1.54) is 0 Å². The highest BCUT2D eigenvalue weighted by Gasteiger charge is 2.09. The Morgan fingerprint density at radius 2 is 2.15 bits per heavy atom. The summed E-state index contributed by atoms with van der Waals surface area (Å²) in [7, 11) is 1.58. The molecule has 0 aromatic carbocycles. The molecule has 1 aromatic heterocycles. The van der Waals surface area contributed by atoms with Crippen LogP contribution in [0.25, 0.3) is 0 Å². The van der Waals surface area contributed by atoms with Gasteiger partial charge in [0.05, 0.1) is 18.7 Å². The Balaban J connectivity index is 0.00000144. The number of aryl methyl sites for hydroxylation is 1. The lowest BCUT2D eigenvalue weighted by atomic mass is 10.2. The normalized spacial score (nSPS) is 9.23. The first-order chi connectivity index (χ1) is 5.70. The van der Waals surface area contributed by atoms with E-state index in [0.29, 0.717) is 22.3 Å². The van der Waals surface area contributed by atoms with E-state index in [4.69, 9.17) is 27.9 Å². The molecule has 0 N–H and O–H groups in total. The van der Waals surface area contributed by atoms with Crippen LogP contribution in [-0.2, 0) is 5.88 Å². The summed E-state index contributed by atoms with van der Waals surface area (Å²) in [6.45, 7) is 1.88. The molecule has 5 heteroatoms. The van der Waals surface area contributed by atoms with Crippen molar-refractivity contribution in [1.82, 2.24) is 4.98 Å². The molecule has 0 bridgehead atoms. The van der Waals surface area contributed by atoms with Crippen LogP contribution in [0.3, 0.4) is 0 Å². The van der Waals surface area contributed by atoms with Crippen molar-refractivity contribution in [1.29, 1.82) is 0 Å². The van der Waals surface area contributed by atoms with Crippen LogP contribution in [0.1, 0.15) is 11.3 Å². The summed E-state index contributed by atoms with van der Waals surface area (Å²) in [5.41, 5.74) is 1.57. The minimum Gasteiger partial charge on any atom is -0.495 e. The summed E-state index contributed by atoms with van der Waals surface area (Å²) in [6, 6.07) is 0. The molecule has 2 nitrogen and oxygen atoms in total. The molecule has 1 rings (SSSR count). The van der Waals surface area contributed by atoms with E-state index in [9.17, 15) is 0 Å². The van der Waals surface area contributed by atoms with Crippen molar-refractivity contribution >= 4 is 35.6 Å². The molecule has 0 fully saturated rings. The lowest BCUT2D eigenvalue weighted by molar-refractivity contribution is 0.411. The average molecular weight is 243 g/mol. The van der Waals surface area contributed by atoms with Gasteiger partial charge < -0.3 is 4.74 Å². The summed E-state index contributed by atoms with van der Waals surface area (Å²) >= 11 is 11.6. The van der Waals surface area contributed by atoms with E-state index >= 15 is 0 Å². The predicted octanol–water partition coefficient (Wildman–Crippen LogP) is 3.21. The molecule has 0 atom stereocenters. The fourth-order valence-electron chi connectivity index (χ4n) is 0.938. The molecule has 0 aliphatic heterocycles. The summed E-state index contributed by atoms with van der Waals surface area (Å²) in [5.74, 6) is 0.956. The van der Waals surface area contributed by atoms with Gasteiger partial charge in [-0.05, 0) is 6.92 Å². The molecule has 0 unspecified atom stereocenters. The zero-order valence-corrected chi connectivity index (χ0v) is 9.63. The number of pyridine rings is 1.